The largest absolute Gasteiger partial charge is 0.337 e. The Bertz CT molecular complexity index is 566. The molecule has 0 radical (unpaired) electrons. The normalized spacial score (nSPS) is 12.3. The molecule has 2 heterocycles. The molecule has 21 heavy (non-hydrogen) atoms. The lowest BCUT2D eigenvalue weighted by Crippen LogP contribution is -2.19. The Morgan fingerprint density at radius 2 is 2.10 bits per heavy atom. The SMILES string of the molecule is CC(C)CNCc1cn(Cc2nc(C(C)(C)C)no2)nn1. The molecule has 0 bridgehead atoms. The van der Waals surface area contributed by atoms with Crippen LogP contribution in [0.25, 0.3) is 0 Å². The van der Waals surface area contributed by atoms with Crippen LogP contribution in [0.3, 0.4) is 0 Å². The molecule has 0 saturated carbocycles. The van der Waals surface area contributed by atoms with Crippen LogP contribution in [0.1, 0.15) is 52.0 Å². The van der Waals surface area contributed by atoms with Gasteiger partial charge in [-0.1, -0.05) is 45.0 Å². The molecule has 0 amide bonds. The van der Waals surface area contributed by atoms with E-state index in [9.17, 15) is 0 Å². The maximum absolute atomic E-state index is 5.25. The highest BCUT2D eigenvalue weighted by Crippen LogP contribution is 2.18. The number of aromatic nitrogens is 5. The fraction of sp³-hybridized carbons (Fsp3) is 0.714. The van der Waals surface area contributed by atoms with E-state index in [4.69, 9.17) is 4.52 Å². The monoisotopic (exact) mass is 292 g/mol. The molecule has 0 aliphatic heterocycles. The first-order valence-corrected chi connectivity index (χ1v) is 7.27. The lowest BCUT2D eigenvalue weighted by atomic mass is 9.96. The summed E-state index contributed by atoms with van der Waals surface area (Å²) in [6.07, 6.45) is 1.90. The first-order valence-electron chi connectivity index (χ1n) is 7.27. The van der Waals surface area contributed by atoms with Gasteiger partial charge < -0.3 is 9.84 Å². The van der Waals surface area contributed by atoms with Crippen LogP contribution in [0.2, 0.25) is 0 Å². The average molecular weight is 292 g/mol. The molecular formula is C14H24N6O. The lowest BCUT2D eigenvalue weighted by Gasteiger charge is -2.10. The molecule has 2 aromatic heterocycles. The van der Waals surface area contributed by atoms with Gasteiger partial charge in [0.15, 0.2) is 5.82 Å². The highest BCUT2D eigenvalue weighted by atomic mass is 16.5. The Morgan fingerprint density at radius 3 is 2.71 bits per heavy atom. The van der Waals surface area contributed by atoms with Crippen LogP contribution in [-0.4, -0.2) is 31.7 Å². The van der Waals surface area contributed by atoms with E-state index in [-0.39, 0.29) is 5.41 Å². The third-order valence-electron chi connectivity index (χ3n) is 2.88. The summed E-state index contributed by atoms with van der Waals surface area (Å²) in [5.41, 5.74) is 0.793. The molecule has 0 spiro atoms. The van der Waals surface area contributed by atoms with Crippen molar-refractivity contribution in [3.8, 4) is 0 Å². The maximum atomic E-state index is 5.25. The first kappa shape index (κ1) is 15.6. The summed E-state index contributed by atoms with van der Waals surface area (Å²) in [7, 11) is 0. The van der Waals surface area contributed by atoms with Gasteiger partial charge in [-0.2, -0.15) is 4.98 Å². The second-order valence-electron chi connectivity index (χ2n) is 6.69. The van der Waals surface area contributed by atoms with E-state index in [1.54, 1.807) is 4.68 Å². The smallest absolute Gasteiger partial charge is 0.248 e. The van der Waals surface area contributed by atoms with E-state index in [1.165, 1.54) is 0 Å². The average Bonchev–Trinajstić information content (AvgIpc) is 2.98. The topological polar surface area (TPSA) is 81.7 Å². The van der Waals surface area contributed by atoms with E-state index in [1.807, 2.05) is 6.20 Å². The molecule has 0 fully saturated rings. The van der Waals surface area contributed by atoms with Crippen molar-refractivity contribution in [1.82, 2.24) is 30.5 Å². The lowest BCUT2D eigenvalue weighted by molar-refractivity contribution is 0.352. The minimum absolute atomic E-state index is 0.115. The molecule has 0 aliphatic carbocycles. The van der Waals surface area contributed by atoms with Crippen molar-refractivity contribution < 1.29 is 4.52 Å². The zero-order valence-electron chi connectivity index (χ0n) is 13.4. The molecule has 7 heteroatoms. The third-order valence-corrected chi connectivity index (χ3v) is 2.88. The van der Waals surface area contributed by atoms with Crippen LogP contribution >= 0.6 is 0 Å². The molecular weight excluding hydrogens is 268 g/mol. The van der Waals surface area contributed by atoms with Crippen LogP contribution in [0.15, 0.2) is 10.7 Å². The number of rotatable bonds is 6. The van der Waals surface area contributed by atoms with Gasteiger partial charge in [-0.3, -0.25) is 0 Å². The fourth-order valence-electron chi connectivity index (χ4n) is 1.75. The fourth-order valence-corrected chi connectivity index (χ4v) is 1.75. The quantitative estimate of drug-likeness (QED) is 0.873. The maximum Gasteiger partial charge on any atom is 0.248 e. The second-order valence-corrected chi connectivity index (χ2v) is 6.69. The molecule has 7 nitrogen and oxygen atoms in total. The Balaban J connectivity index is 1.91. The van der Waals surface area contributed by atoms with Gasteiger partial charge in [0.2, 0.25) is 5.89 Å². The van der Waals surface area contributed by atoms with Crippen molar-refractivity contribution in [1.29, 1.82) is 0 Å². The van der Waals surface area contributed by atoms with Gasteiger partial charge in [0.1, 0.15) is 6.54 Å². The van der Waals surface area contributed by atoms with Crippen molar-refractivity contribution in [2.45, 2.75) is 53.1 Å². The summed E-state index contributed by atoms with van der Waals surface area (Å²) in [5.74, 6) is 1.87. The van der Waals surface area contributed by atoms with Crippen LogP contribution in [0, 0.1) is 5.92 Å². The molecule has 2 aromatic rings. The van der Waals surface area contributed by atoms with E-state index >= 15 is 0 Å². The third kappa shape index (κ3) is 4.63. The van der Waals surface area contributed by atoms with Gasteiger partial charge in [0.05, 0.1) is 11.9 Å². The predicted molar refractivity (Wildman–Crippen MR) is 78.7 cm³/mol. The van der Waals surface area contributed by atoms with E-state index < -0.39 is 0 Å². The predicted octanol–water partition coefficient (Wildman–Crippen LogP) is 1.75. The van der Waals surface area contributed by atoms with Crippen molar-refractivity contribution in [2.24, 2.45) is 5.92 Å². The molecule has 0 unspecified atom stereocenters. The van der Waals surface area contributed by atoms with Gasteiger partial charge in [0.25, 0.3) is 0 Å². The van der Waals surface area contributed by atoms with Gasteiger partial charge in [0, 0.05) is 12.0 Å². The summed E-state index contributed by atoms with van der Waals surface area (Å²) in [5, 5.41) is 15.5. The summed E-state index contributed by atoms with van der Waals surface area (Å²) >= 11 is 0. The van der Waals surface area contributed by atoms with E-state index in [2.05, 4.69) is 60.4 Å². The van der Waals surface area contributed by atoms with E-state index in [0.717, 1.165) is 18.8 Å². The zero-order chi connectivity index (χ0) is 15.5. The highest BCUT2D eigenvalue weighted by Gasteiger charge is 2.21. The Kier molecular flexibility index (Phi) is 4.72. The summed E-state index contributed by atoms with van der Waals surface area (Å²) < 4.78 is 6.97. The zero-order valence-corrected chi connectivity index (χ0v) is 13.4. The minimum Gasteiger partial charge on any atom is -0.337 e. The summed E-state index contributed by atoms with van der Waals surface area (Å²) in [6, 6.07) is 0. The Labute approximate surface area is 125 Å². The Morgan fingerprint density at radius 1 is 1.33 bits per heavy atom. The number of nitrogens with zero attached hydrogens (tertiary/aromatic N) is 5. The molecule has 2 rings (SSSR count). The standard InChI is InChI=1S/C14H24N6O/c1-10(2)6-15-7-11-8-20(19-17-11)9-12-16-13(18-21-12)14(3,4)5/h8,10,15H,6-7,9H2,1-5H3. The number of hydrogen-bond donors (Lipinski definition) is 1. The van der Waals surface area contributed by atoms with Crippen LogP contribution in [0.5, 0.6) is 0 Å². The van der Waals surface area contributed by atoms with Crippen molar-refractivity contribution in [3.05, 3.63) is 23.6 Å². The van der Waals surface area contributed by atoms with Gasteiger partial charge in [-0.25, -0.2) is 4.68 Å². The molecule has 0 atom stereocenters. The molecule has 1 N–H and O–H groups in total. The molecule has 116 valence electrons. The van der Waals surface area contributed by atoms with Crippen LogP contribution in [0.4, 0.5) is 0 Å². The van der Waals surface area contributed by atoms with Crippen molar-refractivity contribution in [3.63, 3.8) is 0 Å². The summed E-state index contributed by atoms with van der Waals surface area (Å²) in [4.78, 5) is 4.39. The molecule has 0 saturated heterocycles. The van der Waals surface area contributed by atoms with Crippen molar-refractivity contribution in [2.75, 3.05) is 6.54 Å². The number of hydrogen-bond acceptors (Lipinski definition) is 6. The summed E-state index contributed by atoms with van der Waals surface area (Å²) in [6.45, 7) is 12.6. The number of nitrogens with one attached hydrogen (secondary N) is 1. The van der Waals surface area contributed by atoms with Crippen molar-refractivity contribution >= 4 is 0 Å². The first-order chi connectivity index (χ1) is 9.84. The van der Waals surface area contributed by atoms with Gasteiger partial charge in [-0.05, 0) is 12.5 Å². The molecule has 0 aromatic carbocycles. The van der Waals surface area contributed by atoms with Crippen LogP contribution in [-0.2, 0) is 18.5 Å². The van der Waals surface area contributed by atoms with E-state index in [0.29, 0.717) is 24.2 Å². The second kappa shape index (κ2) is 6.34. The van der Waals surface area contributed by atoms with Gasteiger partial charge >= 0.3 is 0 Å². The highest BCUT2D eigenvalue weighted by molar-refractivity contribution is 5.00. The van der Waals surface area contributed by atoms with Crippen LogP contribution < -0.4 is 5.32 Å². The molecule has 0 aliphatic rings. The van der Waals surface area contributed by atoms with Gasteiger partial charge in [-0.15, -0.1) is 5.10 Å². The Hall–Kier alpha value is -1.76. The minimum atomic E-state index is -0.115.